The average Bonchev–Trinajstić information content (AvgIpc) is 2.13. The molecule has 1 aliphatic heterocycles. The van der Waals surface area contributed by atoms with Gasteiger partial charge in [-0.1, -0.05) is 41.5 Å². The van der Waals surface area contributed by atoms with Crippen LogP contribution in [0.2, 0.25) is 0 Å². The molecule has 1 aliphatic rings. The van der Waals surface area contributed by atoms with E-state index in [0.29, 0.717) is 10.8 Å². The Morgan fingerprint density at radius 3 is 1.88 bits per heavy atom. The summed E-state index contributed by atoms with van der Waals surface area (Å²) in [6, 6.07) is 0. The summed E-state index contributed by atoms with van der Waals surface area (Å²) in [5.74, 6) is 0.889. The number of hydrogen-bond donors (Lipinski definition) is 1. The van der Waals surface area contributed by atoms with Crippen molar-refractivity contribution in [3.63, 3.8) is 0 Å². The van der Waals surface area contributed by atoms with Crippen LogP contribution in [0.4, 0.5) is 0 Å². The maximum atomic E-state index is 3.57. The minimum atomic E-state index is 0.376. The van der Waals surface area contributed by atoms with Crippen LogP contribution in [0.3, 0.4) is 0 Å². The Morgan fingerprint density at radius 1 is 1.00 bits per heavy atom. The Balaban J connectivity index is 2.28. The van der Waals surface area contributed by atoms with Crippen LogP contribution in [0.25, 0.3) is 0 Å². The third-order valence-corrected chi connectivity index (χ3v) is 3.55. The van der Waals surface area contributed by atoms with Crippen molar-refractivity contribution in [2.45, 2.75) is 54.4 Å². The van der Waals surface area contributed by atoms with Gasteiger partial charge in [-0.05, 0) is 29.6 Å². The normalized spacial score (nSPS) is 21.4. The van der Waals surface area contributed by atoms with Gasteiger partial charge in [-0.15, -0.1) is 0 Å². The zero-order chi connectivity index (χ0) is 12.4. The largest absolute Gasteiger partial charge is 0.255 e. The molecule has 0 bridgehead atoms. The van der Waals surface area contributed by atoms with E-state index in [1.807, 2.05) is 0 Å². The highest BCUT2D eigenvalue weighted by atomic mass is 15.5. The predicted octanol–water partition coefficient (Wildman–Crippen LogP) is 3.30. The van der Waals surface area contributed by atoms with E-state index in [0.717, 1.165) is 12.5 Å². The molecule has 1 fully saturated rings. The molecule has 1 N–H and O–H groups in total. The lowest BCUT2D eigenvalue weighted by molar-refractivity contribution is 0.0673. The van der Waals surface area contributed by atoms with Crippen molar-refractivity contribution < 1.29 is 0 Å². The van der Waals surface area contributed by atoms with Gasteiger partial charge in [0.15, 0.2) is 0 Å². The van der Waals surface area contributed by atoms with Gasteiger partial charge in [0.1, 0.15) is 0 Å². The summed E-state index contributed by atoms with van der Waals surface area (Å²) >= 11 is 0. The Bertz CT molecular complexity index is 202. The fraction of sp³-hybridized carbons (Fsp3) is 1.00. The van der Waals surface area contributed by atoms with Crippen LogP contribution in [-0.4, -0.2) is 24.6 Å². The first-order chi connectivity index (χ1) is 7.18. The lowest BCUT2D eigenvalue weighted by Gasteiger charge is -2.39. The molecule has 2 nitrogen and oxygen atoms in total. The molecular weight excluding hydrogens is 196 g/mol. The number of hydrogen-bond acceptors (Lipinski definition) is 2. The number of nitrogens with zero attached hydrogens (tertiary/aromatic N) is 1. The van der Waals surface area contributed by atoms with E-state index < -0.39 is 0 Å². The van der Waals surface area contributed by atoms with E-state index in [4.69, 9.17) is 0 Å². The predicted molar refractivity (Wildman–Crippen MR) is 71.2 cm³/mol. The highest BCUT2D eigenvalue weighted by molar-refractivity contribution is 4.80. The average molecular weight is 226 g/mol. The molecule has 96 valence electrons. The van der Waals surface area contributed by atoms with Crippen LogP contribution in [0.5, 0.6) is 0 Å². The van der Waals surface area contributed by atoms with Crippen molar-refractivity contribution in [1.82, 2.24) is 10.4 Å². The fourth-order valence-electron chi connectivity index (χ4n) is 2.25. The maximum absolute atomic E-state index is 3.57. The van der Waals surface area contributed by atoms with Crippen LogP contribution >= 0.6 is 0 Å². The highest BCUT2D eigenvalue weighted by Gasteiger charge is 2.28. The van der Waals surface area contributed by atoms with Gasteiger partial charge in [-0.2, -0.15) is 0 Å². The molecule has 0 aromatic heterocycles. The molecule has 2 heteroatoms. The number of hydrazine groups is 1. The SMILES string of the molecule is CC(C)(C)CNN1CCC(C(C)(C)C)CC1. The van der Waals surface area contributed by atoms with E-state index in [2.05, 4.69) is 52.0 Å². The zero-order valence-electron chi connectivity index (χ0n) is 12.1. The highest BCUT2D eigenvalue weighted by Crippen LogP contribution is 2.33. The lowest BCUT2D eigenvalue weighted by Crippen LogP contribution is -2.48. The van der Waals surface area contributed by atoms with Gasteiger partial charge in [0.05, 0.1) is 0 Å². The Hall–Kier alpha value is -0.0800. The van der Waals surface area contributed by atoms with Crippen molar-refractivity contribution in [3.05, 3.63) is 0 Å². The first-order valence-corrected chi connectivity index (χ1v) is 6.67. The van der Waals surface area contributed by atoms with E-state index in [1.165, 1.54) is 25.9 Å². The molecule has 0 amide bonds. The van der Waals surface area contributed by atoms with Crippen molar-refractivity contribution in [2.24, 2.45) is 16.7 Å². The summed E-state index contributed by atoms with van der Waals surface area (Å²) in [7, 11) is 0. The van der Waals surface area contributed by atoms with E-state index in [9.17, 15) is 0 Å². The molecule has 0 unspecified atom stereocenters. The Labute approximate surface area is 102 Å². The minimum absolute atomic E-state index is 0.376. The molecule has 1 heterocycles. The maximum Gasteiger partial charge on any atom is 0.0151 e. The third kappa shape index (κ3) is 4.84. The molecule has 0 aromatic rings. The third-order valence-electron chi connectivity index (χ3n) is 3.55. The van der Waals surface area contributed by atoms with Crippen molar-refractivity contribution in [1.29, 1.82) is 0 Å². The zero-order valence-corrected chi connectivity index (χ0v) is 12.1. The topological polar surface area (TPSA) is 15.3 Å². The van der Waals surface area contributed by atoms with Gasteiger partial charge in [0.25, 0.3) is 0 Å². The monoisotopic (exact) mass is 226 g/mol. The summed E-state index contributed by atoms with van der Waals surface area (Å²) in [4.78, 5) is 0. The molecule has 1 saturated heterocycles. The number of nitrogens with one attached hydrogen (secondary N) is 1. The summed E-state index contributed by atoms with van der Waals surface area (Å²) < 4.78 is 0. The molecule has 0 aromatic carbocycles. The van der Waals surface area contributed by atoms with E-state index in [-0.39, 0.29) is 0 Å². The molecule has 0 radical (unpaired) electrons. The van der Waals surface area contributed by atoms with Crippen molar-refractivity contribution in [3.8, 4) is 0 Å². The molecule has 0 saturated carbocycles. The first-order valence-electron chi connectivity index (χ1n) is 6.67. The van der Waals surface area contributed by atoms with Gasteiger partial charge >= 0.3 is 0 Å². The summed E-state index contributed by atoms with van der Waals surface area (Å²) in [6.45, 7) is 17.4. The van der Waals surface area contributed by atoms with Crippen molar-refractivity contribution >= 4 is 0 Å². The second kappa shape index (κ2) is 5.05. The molecule has 0 aliphatic carbocycles. The quantitative estimate of drug-likeness (QED) is 0.777. The fourth-order valence-corrected chi connectivity index (χ4v) is 2.25. The van der Waals surface area contributed by atoms with Crippen LogP contribution in [0, 0.1) is 16.7 Å². The molecule has 16 heavy (non-hydrogen) atoms. The Kier molecular flexibility index (Phi) is 4.42. The lowest BCUT2D eigenvalue weighted by atomic mass is 9.75. The minimum Gasteiger partial charge on any atom is -0.255 e. The van der Waals surface area contributed by atoms with Gasteiger partial charge in [0, 0.05) is 19.6 Å². The molecule has 1 rings (SSSR count). The Morgan fingerprint density at radius 2 is 1.50 bits per heavy atom. The van der Waals surface area contributed by atoms with E-state index >= 15 is 0 Å². The van der Waals surface area contributed by atoms with Gasteiger partial charge in [0.2, 0.25) is 0 Å². The standard InChI is InChI=1S/C14H30N2/c1-13(2,3)11-15-16-9-7-12(8-10-16)14(4,5)6/h12,15H,7-11H2,1-6H3. The second-order valence-corrected chi connectivity index (χ2v) is 7.52. The van der Waals surface area contributed by atoms with Crippen molar-refractivity contribution in [2.75, 3.05) is 19.6 Å². The molecular formula is C14H30N2. The smallest absolute Gasteiger partial charge is 0.0151 e. The summed E-state index contributed by atoms with van der Waals surface area (Å²) in [5, 5.41) is 2.41. The van der Waals surface area contributed by atoms with Gasteiger partial charge in [-0.25, -0.2) is 5.01 Å². The second-order valence-electron chi connectivity index (χ2n) is 7.52. The van der Waals surface area contributed by atoms with Crippen LogP contribution < -0.4 is 5.43 Å². The molecule has 0 spiro atoms. The van der Waals surface area contributed by atoms with E-state index in [1.54, 1.807) is 0 Å². The van der Waals surface area contributed by atoms with Crippen LogP contribution in [-0.2, 0) is 0 Å². The number of rotatable bonds is 2. The number of piperidine rings is 1. The van der Waals surface area contributed by atoms with Crippen LogP contribution in [0.15, 0.2) is 0 Å². The van der Waals surface area contributed by atoms with Gasteiger partial charge < -0.3 is 0 Å². The van der Waals surface area contributed by atoms with Crippen LogP contribution in [0.1, 0.15) is 54.4 Å². The first kappa shape index (κ1) is 14.0. The van der Waals surface area contributed by atoms with Gasteiger partial charge in [-0.3, -0.25) is 5.43 Å². The molecule has 0 atom stereocenters. The summed E-state index contributed by atoms with van der Waals surface area (Å²) in [6.07, 6.45) is 2.67. The summed E-state index contributed by atoms with van der Waals surface area (Å²) in [5.41, 5.74) is 4.42.